The van der Waals surface area contributed by atoms with Gasteiger partial charge in [0, 0.05) is 18.4 Å². The molecular formula is C17H17N3O. The maximum absolute atomic E-state index is 12.7. The maximum atomic E-state index is 12.7. The van der Waals surface area contributed by atoms with Gasteiger partial charge in [-0.2, -0.15) is 0 Å². The van der Waals surface area contributed by atoms with Crippen molar-refractivity contribution in [2.75, 3.05) is 18.0 Å². The van der Waals surface area contributed by atoms with Gasteiger partial charge in [-0.25, -0.2) is 4.98 Å². The standard InChI is InChI=1S/C17H17N3O/c1-2-20(15-10-4-3-5-11-15)17(21)16-14(8-6-12-18)9-7-13-19-16/h3-5,7,9-11,13H,2,12,18H2,1H3. The van der Waals surface area contributed by atoms with Crippen molar-refractivity contribution in [2.45, 2.75) is 6.92 Å². The first-order valence-corrected chi connectivity index (χ1v) is 6.78. The van der Waals surface area contributed by atoms with Crippen LogP contribution in [0.15, 0.2) is 48.7 Å². The molecular weight excluding hydrogens is 262 g/mol. The van der Waals surface area contributed by atoms with Crippen LogP contribution in [0.3, 0.4) is 0 Å². The molecule has 1 aromatic carbocycles. The molecule has 1 amide bonds. The van der Waals surface area contributed by atoms with Crippen molar-refractivity contribution in [1.82, 2.24) is 4.98 Å². The third kappa shape index (κ3) is 3.47. The van der Waals surface area contributed by atoms with Gasteiger partial charge in [0.25, 0.3) is 5.91 Å². The van der Waals surface area contributed by atoms with Gasteiger partial charge in [0.1, 0.15) is 5.69 Å². The zero-order chi connectivity index (χ0) is 15.1. The van der Waals surface area contributed by atoms with E-state index in [9.17, 15) is 4.79 Å². The first kappa shape index (κ1) is 14.8. The summed E-state index contributed by atoms with van der Waals surface area (Å²) in [5.74, 6) is 5.50. The van der Waals surface area contributed by atoms with Crippen LogP contribution in [0.25, 0.3) is 0 Å². The molecule has 0 aliphatic carbocycles. The van der Waals surface area contributed by atoms with Gasteiger partial charge in [0.2, 0.25) is 0 Å². The summed E-state index contributed by atoms with van der Waals surface area (Å²) in [7, 11) is 0. The third-order valence-electron chi connectivity index (χ3n) is 2.96. The molecule has 0 bridgehead atoms. The highest BCUT2D eigenvalue weighted by Crippen LogP contribution is 2.17. The summed E-state index contributed by atoms with van der Waals surface area (Å²) in [5, 5.41) is 0. The fourth-order valence-electron chi connectivity index (χ4n) is 2.00. The number of nitrogens with two attached hydrogens (primary N) is 1. The molecule has 106 valence electrons. The van der Waals surface area contributed by atoms with Crippen LogP contribution < -0.4 is 10.6 Å². The van der Waals surface area contributed by atoms with E-state index in [1.165, 1.54) is 0 Å². The Hall–Kier alpha value is -2.64. The lowest BCUT2D eigenvalue weighted by Crippen LogP contribution is -2.31. The number of aromatic nitrogens is 1. The average molecular weight is 279 g/mol. The molecule has 2 N–H and O–H groups in total. The van der Waals surface area contributed by atoms with Gasteiger partial charge >= 0.3 is 0 Å². The lowest BCUT2D eigenvalue weighted by molar-refractivity contribution is 0.0983. The molecule has 2 rings (SSSR count). The number of nitrogens with zero attached hydrogens (tertiary/aromatic N) is 2. The van der Waals surface area contributed by atoms with Crippen LogP contribution in [0, 0.1) is 11.8 Å². The SMILES string of the molecule is CCN(C(=O)c1ncccc1C#CCN)c1ccccc1. The van der Waals surface area contributed by atoms with E-state index < -0.39 is 0 Å². The normalized spacial score (nSPS) is 9.62. The van der Waals surface area contributed by atoms with Crippen molar-refractivity contribution in [3.05, 3.63) is 59.9 Å². The van der Waals surface area contributed by atoms with Crippen LogP contribution in [0.1, 0.15) is 23.0 Å². The van der Waals surface area contributed by atoms with Crippen molar-refractivity contribution < 1.29 is 4.79 Å². The van der Waals surface area contributed by atoms with Crippen molar-refractivity contribution in [1.29, 1.82) is 0 Å². The number of carbonyl (C=O) groups is 1. The Kier molecular flexibility index (Phi) is 5.08. The fourth-order valence-corrected chi connectivity index (χ4v) is 2.00. The minimum atomic E-state index is -0.161. The minimum Gasteiger partial charge on any atom is -0.320 e. The molecule has 0 saturated heterocycles. The molecule has 0 saturated carbocycles. The first-order valence-electron chi connectivity index (χ1n) is 6.78. The lowest BCUT2D eigenvalue weighted by atomic mass is 10.1. The largest absolute Gasteiger partial charge is 0.320 e. The number of carbonyl (C=O) groups excluding carboxylic acids is 1. The Labute approximate surface area is 124 Å². The molecule has 2 aromatic rings. The quantitative estimate of drug-likeness (QED) is 0.875. The number of pyridine rings is 1. The van der Waals surface area contributed by atoms with Gasteiger partial charge in [-0.3, -0.25) is 4.79 Å². The smallest absolute Gasteiger partial charge is 0.278 e. The number of amides is 1. The van der Waals surface area contributed by atoms with Crippen molar-refractivity contribution in [3.63, 3.8) is 0 Å². The monoisotopic (exact) mass is 279 g/mol. The molecule has 0 unspecified atom stereocenters. The summed E-state index contributed by atoms with van der Waals surface area (Å²) < 4.78 is 0. The van der Waals surface area contributed by atoms with Crippen molar-refractivity contribution >= 4 is 11.6 Å². The Balaban J connectivity index is 2.39. The summed E-state index contributed by atoms with van der Waals surface area (Å²) in [4.78, 5) is 18.6. The molecule has 4 nitrogen and oxygen atoms in total. The van der Waals surface area contributed by atoms with Gasteiger partial charge < -0.3 is 10.6 Å². The fraction of sp³-hybridized carbons (Fsp3) is 0.176. The first-order chi connectivity index (χ1) is 10.3. The summed E-state index contributed by atoms with van der Waals surface area (Å²) in [6.07, 6.45) is 1.60. The zero-order valence-corrected chi connectivity index (χ0v) is 11.9. The van der Waals surface area contributed by atoms with Gasteiger partial charge in [-0.15, -0.1) is 0 Å². The topological polar surface area (TPSA) is 59.2 Å². The zero-order valence-electron chi connectivity index (χ0n) is 11.9. The second-order valence-corrected chi connectivity index (χ2v) is 4.29. The van der Waals surface area contributed by atoms with Gasteiger partial charge in [-0.05, 0) is 31.2 Å². The molecule has 1 aromatic heterocycles. The molecule has 4 heteroatoms. The number of anilines is 1. The third-order valence-corrected chi connectivity index (χ3v) is 2.96. The second-order valence-electron chi connectivity index (χ2n) is 4.29. The molecule has 1 heterocycles. The predicted octanol–water partition coefficient (Wildman–Crippen LogP) is 2.06. The molecule has 0 fully saturated rings. The Morgan fingerprint density at radius 3 is 2.67 bits per heavy atom. The van der Waals surface area contributed by atoms with Crippen molar-refractivity contribution in [3.8, 4) is 11.8 Å². The van der Waals surface area contributed by atoms with Crippen LogP contribution in [0.2, 0.25) is 0 Å². The van der Waals surface area contributed by atoms with E-state index in [4.69, 9.17) is 5.73 Å². The average Bonchev–Trinajstić information content (AvgIpc) is 2.55. The lowest BCUT2D eigenvalue weighted by Gasteiger charge is -2.21. The Morgan fingerprint density at radius 1 is 1.24 bits per heavy atom. The van der Waals surface area contributed by atoms with E-state index in [1.807, 2.05) is 37.3 Å². The van der Waals surface area contributed by atoms with Gasteiger partial charge in [0.15, 0.2) is 0 Å². The number of hydrogen-bond acceptors (Lipinski definition) is 3. The van der Waals surface area contributed by atoms with Crippen molar-refractivity contribution in [2.24, 2.45) is 5.73 Å². The Morgan fingerprint density at radius 2 is 2.00 bits per heavy atom. The van der Waals surface area contributed by atoms with Gasteiger partial charge in [-0.1, -0.05) is 30.0 Å². The van der Waals surface area contributed by atoms with Crippen LogP contribution in [0.4, 0.5) is 5.69 Å². The predicted molar refractivity (Wildman–Crippen MR) is 84.0 cm³/mol. The van der Waals surface area contributed by atoms with Crippen LogP contribution in [0.5, 0.6) is 0 Å². The molecule has 0 aliphatic rings. The van der Waals surface area contributed by atoms with Crippen LogP contribution in [-0.4, -0.2) is 24.0 Å². The van der Waals surface area contributed by atoms with E-state index in [-0.39, 0.29) is 12.5 Å². The highest BCUT2D eigenvalue weighted by Gasteiger charge is 2.19. The van der Waals surface area contributed by atoms with Crippen LogP contribution in [-0.2, 0) is 0 Å². The highest BCUT2D eigenvalue weighted by molar-refractivity contribution is 6.06. The Bertz CT molecular complexity index is 671. The second kappa shape index (κ2) is 7.22. The minimum absolute atomic E-state index is 0.161. The molecule has 0 radical (unpaired) electrons. The van der Waals surface area contributed by atoms with E-state index in [2.05, 4.69) is 16.8 Å². The van der Waals surface area contributed by atoms with Crippen LogP contribution >= 0.6 is 0 Å². The molecule has 0 atom stereocenters. The molecule has 21 heavy (non-hydrogen) atoms. The highest BCUT2D eigenvalue weighted by atomic mass is 16.2. The van der Waals surface area contributed by atoms with Gasteiger partial charge in [0.05, 0.1) is 12.1 Å². The summed E-state index contributed by atoms with van der Waals surface area (Å²) in [5.41, 5.74) is 7.18. The molecule has 0 spiro atoms. The summed E-state index contributed by atoms with van der Waals surface area (Å²) >= 11 is 0. The van der Waals surface area contributed by atoms with E-state index in [0.717, 1.165) is 5.69 Å². The van der Waals surface area contributed by atoms with E-state index in [1.54, 1.807) is 23.2 Å². The number of rotatable bonds is 3. The van der Waals surface area contributed by atoms with E-state index >= 15 is 0 Å². The summed E-state index contributed by atoms with van der Waals surface area (Å²) in [6.45, 7) is 2.74. The van der Waals surface area contributed by atoms with E-state index in [0.29, 0.717) is 17.8 Å². The maximum Gasteiger partial charge on any atom is 0.278 e. The molecule has 0 aliphatic heterocycles. The number of para-hydroxylation sites is 1. The number of hydrogen-bond donors (Lipinski definition) is 1. The number of benzene rings is 1. The summed E-state index contributed by atoms with van der Waals surface area (Å²) in [6, 6.07) is 13.1.